The molecule has 1 aromatic rings. The third-order valence-corrected chi connectivity index (χ3v) is 3.62. The van der Waals surface area contributed by atoms with E-state index in [1.165, 1.54) is 6.07 Å². The van der Waals surface area contributed by atoms with Gasteiger partial charge in [-0.25, -0.2) is 0 Å². The topological polar surface area (TPSA) is 78.4 Å². The van der Waals surface area contributed by atoms with Gasteiger partial charge in [-0.05, 0) is 38.8 Å². The molecule has 0 aromatic heterocycles. The zero-order valence-corrected chi connectivity index (χ0v) is 10.5. The summed E-state index contributed by atoms with van der Waals surface area (Å²) >= 11 is 0. The average molecular weight is 250 g/mol. The van der Waals surface area contributed by atoms with E-state index in [9.17, 15) is 10.1 Å². The van der Waals surface area contributed by atoms with Crippen LogP contribution >= 0.6 is 0 Å². The van der Waals surface area contributed by atoms with Crippen LogP contribution in [0.2, 0.25) is 0 Å². The Morgan fingerprint density at radius 2 is 2.28 bits per heavy atom. The molecule has 0 heterocycles. The molecule has 98 valence electrons. The predicted octanol–water partition coefficient (Wildman–Crippen LogP) is 2.41. The minimum absolute atomic E-state index is 0.0932. The number of nitrogens with zero attached hydrogens (tertiary/aromatic N) is 1. The molecule has 5 heteroatoms. The average Bonchev–Trinajstić information content (AvgIpc) is 2.78. The van der Waals surface area contributed by atoms with Gasteiger partial charge < -0.3 is 10.5 Å². The predicted molar refractivity (Wildman–Crippen MR) is 68.6 cm³/mol. The molecular formula is C13H18N2O3. The lowest BCUT2D eigenvalue weighted by Crippen LogP contribution is -2.27. The second kappa shape index (κ2) is 5.35. The highest BCUT2D eigenvalue weighted by molar-refractivity contribution is 5.48. The van der Waals surface area contributed by atoms with Crippen LogP contribution in [0, 0.1) is 23.0 Å². The Labute approximate surface area is 106 Å². The van der Waals surface area contributed by atoms with Crippen molar-refractivity contribution in [3.8, 4) is 5.75 Å². The molecule has 2 unspecified atom stereocenters. The van der Waals surface area contributed by atoms with Crippen LogP contribution in [0.1, 0.15) is 24.8 Å². The van der Waals surface area contributed by atoms with Crippen LogP contribution in [0.3, 0.4) is 0 Å². The van der Waals surface area contributed by atoms with Crippen LogP contribution in [0.15, 0.2) is 18.2 Å². The molecule has 5 nitrogen and oxygen atoms in total. The third kappa shape index (κ3) is 2.46. The van der Waals surface area contributed by atoms with Gasteiger partial charge in [0.1, 0.15) is 11.9 Å². The van der Waals surface area contributed by atoms with Gasteiger partial charge in [-0.3, -0.25) is 10.1 Å². The van der Waals surface area contributed by atoms with Crippen molar-refractivity contribution in [2.45, 2.75) is 32.3 Å². The quantitative estimate of drug-likeness (QED) is 0.657. The summed E-state index contributed by atoms with van der Waals surface area (Å²) in [6.07, 6.45) is 3.26. The number of ether oxygens (including phenoxy) is 1. The van der Waals surface area contributed by atoms with Gasteiger partial charge in [-0.1, -0.05) is 6.07 Å². The molecule has 1 fully saturated rings. The van der Waals surface area contributed by atoms with Crippen molar-refractivity contribution < 1.29 is 9.66 Å². The van der Waals surface area contributed by atoms with E-state index in [1.807, 2.05) is 0 Å². The first-order valence-corrected chi connectivity index (χ1v) is 6.24. The van der Waals surface area contributed by atoms with E-state index in [0.29, 0.717) is 23.8 Å². The van der Waals surface area contributed by atoms with Crippen LogP contribution in [-0.4, -0.2) is 17.6 Å². The van der Waals surface area contributed by atoms with Crippen LogP contribution in [0.25, 0.3) is 0 Å². The minimum atomic E-state index is -0.378. The maximum Gasteiger partial charge on any atom is 0.276 e. The number of hydrogen-bond acceptors (Lipinski definition) is 4. The summed E-state index contributed by atoms with van der Waals surface area (Å²) in [5.74, 6) is 0.971. The first-order valence-electron chi connectivity index (χ1n) is 6.24. The van der Waals surface area contributed by atoms with Crippen molar-refractivity contribution in [3.05, 3.63) is 33.9 Å². The van der Waals surface area contributed by atoms with Gasteiger partial charge in [0, 0.05) is 12.0 Å². The molecule has 0 amide bonds. The molecule has 18 heavy (non-hydrogen) atoms. The fourth-order valence-corrected chi connectivity index (χ4v) is 2.52. The number of benzene rings is 1. The molecule has 0 saturated heterocycles. The lowest BCUT2D eigenvalue weighted by molar-refractivity contribution is -0.385. The highest BCUT2D eigenvalue weighted by atomic mass is 16.6. The smallest absolute Gasteiger partial charge is 0.276 e. The summed E-state index contributed by atoms with van der Waals surface area (Å²) < 4.78 is 5.92. The summed E-state index contributed by atoms with van der Waals surface area (Å²) in [5, 5.41) is 10.9. The lowest BCUT2D eigenvalue weighted by atomic mass is 10.1. The number of nitrogens with two attached hydrogens (primary N) is 1. The molecule has 2 N–H and O–H groups in total. The minimum Gasteiger partial charge on any atom is -0.490 e. The van der Waals surface area contributed by atoms with Crippen LogP contribution < -0.4 is 10.5 Å². The van der Waals surface area contributed by atoms with E-state index in [1.54, 1.807) is 19.1 Å². The van der Waals surface area contributed by atoms with Crippen molar-refractivity contribution in [1.29, 1.82) is 0 Å². The summed E-state index contributed by atoms with van der Waals surface area (Å²) in [6.45, 7) is 2.33. The first kappa shape index (κ1) is 12.8. The van der Waals surface area contributed by atoms with Gasteiger partial charge in [-0.15, -0.1) is 0 Å². The lowest BCUT2D eigenvalue weighted by Gasteiger charge is -2.20. The summed E-state index contributed by atoms with van der Waals surface area (Å²) in [4.78, 5) is 10.5. The van der Waals surface area contributed by atoms with E-state index in [-0.39, 0.29) is 16.7 Å². The Morgan fingerprint density at radius 1 is 1.50 bits per heavy atom. The first-order chi connectivity index (χ1) is 8.63. The summed E-state index contributed by atoms with van der Waals surface area (Å²) in [6, 6.07) is 4.94. The van der Waals surface area contributed by atoms with Crippen molar-refractivity contribution in [3.63, 3.8) is 0 Å². The van der Waals surface area contributed by atoms with Crippen molar-refractivity contribution >= 4 is 5.69 Å². The zero-order valence-electron chi connectivity index (χ0n) is 10.5. The molecule has 0 bridgehead atoms. The standard InChI is InChI=1S/C13H18N2O3/c1-9-11(15(16)17)5-3-6-12(9)18-13-7-2-4-10(13)8-14/h3,5-6,10,13H,2,4,7-8,14H2,1H3. The normalized spacial score (nSPS) is 23.0. The van der Waals surface area contributed by atoms with Gasteiger partial charge in [0.05, 0.1) is 10.5 Å². The van der Waals surface area contributed by atoms with Gasteiger partial charge in [-0.2, -0.15) is 0 Å². The van der Waals surface area contributed by atoms with E-state index in [0.717, 1.165) is 19.3 Å². The summed E-state index contributed by atoms with van der Waals surface area (Å²) in [5.41, 5.74) is 6.40. The molecule has 1 aliphatic rings. The molecule has 2 atom stereocenters. The second-order valence-electron chi connectivity index (χ2n) is 4.74. The Balaban J connectivity index is 2.19. The van der Waals surface area contributed by atoms with E-state index < -0.39 is 0 Å². The molecule has 2 rings (SSSR count). The Hall–Kier alpha value is -1.62. The maximum absolute atomic E-state index is 10.9. The second-order valence-corrected chi connectivity index (χ2v) is 4.74. The van der Waals surface area contributed by atoms with E-state index in [2.05, 4.69) is 0 Å². The SMILES string of the molecule is Cc1c(OC2CCCC2CN)cccc1[N+](=O)[O-]. The molecule has 1 aliphatic carbocycles. The van der Waals surface area contributed by atoms with Crippen LogP contribution in [0.5, 0.6) is 5.75 Å². The molecule has 0 spiro atoms. The van der Waals surface area contributed by atoms with Crippen LogP contribution in [-0.2, 0) is 0 Å². The van der Waals surface area contributed by atoms with Gasteiger partial charge in [0.2, 0.25) is 0 Å². The summed E-state index contributed by atoms with van der Waals surface area (Å²) in [7, 11) is 0. The Morgan fingerprint density at radius 3 is 2.94 bits per heavy atom. The number of nitro benzene ring substituents is 1. The van der Waals surface area contributed by atoms with E-state index >= 15 is 0 Å². The van der Waals surface area contributed by atoms with Crippen molar-refractivity contribution in [2.75, 3.05) is 6.54 Å². The number of nitro groups is 1. The van der Waals surface area contributed by atoms with Crippen LogP contribution in [0.4, 0.5) is 5.69 Å². The zero-order chi connectivity index (χ0) is 13.1. The van der Waals surface area contributed by atoms with Gasteiger partial charge in [0.15, 0.2) is 0 Å². The fraction of sp³-hybridized carbons (Fsp3) is 0.538. The van der Waals surface area contributed by atoms with Crippen molar-refractivity contribution in [2.24, 2.45) is 11.7 Å². The Bertz CT molecular complexity index is 448. The third-order valence-electron chi connectivity index (χ3n) is 3.62. The largest absolute Gasteiger partial charge is 0.490 e. The Kier molecular flexibility index (Phi) is 3.81. The monoisotopic (exact) mass is 250 g/mol. The number of hydrogen-bond donors (Lipinski definition) is 1. The molecular weight excluding hydrogens is 232 g/mol. The fourth-order valence-electron chi connectivity index (χ4n) is 2.52. The maximum atomic E-state index is 10.9. The van der Waals surface area contributed by atoms with Crippen molar-refractivity contribution in [1.82, 2.24) is 0 Å². The van der Waals surface area contributed by atoms with E-state index in [4.69, 9.17) is 10.5 Å². The molecule has 0 radical (unpaired) electrons. The molecule has 1 aromatic carbocycles. The van der Waals surface area contributed by atoms with Gasteiger partial charge >= 0.3 is 0 Å². The highest BCUT2D eigenvalue weighted by Gasteiger charge is 2.28. The molecule has 1 saturated carbocycles. The molecule has 0 aliphatic heterocycles. The van der Waals surface area contributed by atoms with Gasteiger partial charge in [0.25, 0.3) is 5.69 Å². The number of rotatable bonds is 4. The highest BCUT2D eigenvalue weighted by Crippen LogP contribution is 2.33.